The number of nitrogens with one attached hydrogen (secondary N) is 1. The van der Waals surface area contributed by atoms with Gasteiger partial charge in [-0.3, -0.25) is 9.59 Å². The number of halogens is 1. The molecule has 0 saturated heterocycles. The van der Waals surface area contributed by atoms with E-state index in [-0.39, 0.29) is 11.8 Å². The van der Waals surface area contributed by atoms with Gasteiger partial charge in [-0.05, 0) is 64.2 Å². The van der Waals surface area contributed by atoms with Crippen LogP contribution in [0.4, 0.5) is 0 Å². The van der Waals surface area contributed by atoms with Crippen LogP contribution >= 0.6 is 27.7 Å². The number of thioether (sulfide) groups is 1. The second kappa shape index (κ2) is 10.9. The van der Waals surface area contributed by atoms with Crippen LogP contribution in [0, 0.1) is 11.3 Å². The molecule has 1 unspecified atom stereocenters. The van der Waals surface area contributed by atoms with Gasteiger partial charge in [0.15, 0.2) is 0 Å². The predicted octanol–water partition coefficient (Wildman–Crippen LogP) is 3.83. The van der Waals surface area contributed by atoms with Gasteiger partial charge < -0.3 is 10.2 Å². The molecule has 2 rings (SSSR count). The molecule has 1 atom stereocenters. The first-order valence-corrected chi connectivity index (χ1v) is 10.9. The van der Waals surface area contributed by atoms with Crippen molar-refractivity contribution >= 4 is 39.5 Å². The number of rotatable bonds is 8. The maximum Gasteiger partial charge on any atom is 0.253 e. The number of carbonyl (C=O) groups is 2. The number of amides is 2. The van der Waals surface area contributed by atoms with E-state index in [0.29, 0.717) is 28.6 Å². The van der Waals surface area contributed by atoms with Crippen LogP contribution < -0.4 is 5.32 Å². The smallest absolute Gasteiger partial charge is 0.253 e. The van der Waals surface area contributed by atoms with Crippen molar-refractivity contribution in [2.75, 3.05) is 19.1 Å². The lowest BCUT2D eigenvalue weighted by atomic mass is 10.1. The largest absolute Gasteiger partial charge is 0.340 e. The molecule has 0 fully saturated rings. The molecule has 146 valence electrons. The van der Waals surface area contributed by atoms with Crippen LogP contribution in [-0.4, -0.2) is 41.8 Å². The van der Waals surface area contributed by atoms with Gasteiger partial charge in [0, 0.05) is 18.1 Å². The molecule has 0 aromatic heterocycles. The summed E-state index contributed by atoms with van der Waals surface area (Å²) in [5.41, 5.74) is 2.01. The van der Waals surface area contributed by atoms with Gasteiger partial charge in [0.1, 0.15) is 6.04 Å². The molecule has 0 bridgehead atoms. The average molecular weight is 460 g/mol. The third kappa shape index (κ3) is 6.11. The summed E-state index contributed by atoms with van der Waals surface area (Å²) in [4.78, 5) is 27.2. The summed E-state index contributed by atoms with van der Waals surface area (Å²) in [5, 5.41) is 11.8. The summed E-state index contributed by atoms with van der Waals surface area (Å²) in [6, 6.07) is 15.7. The number of hydrogen-bond donors (Lipinski definition) is 1. The van der Waals surface area contributed by atoms with Crippen LogP contribution in [-0.2, 0) is 11.3 Å². The first kappa shape index (κ1) is 22.0. The third-order valence-electron chi connectivity index (χ3n) is 4.21. The fourth-order valence-corrected chi connectivity index (χ4v) is 3.61. The molecule has 0 spiro atoms. The standard InChI is InChI=1S/C21H22BrN3O2S/c1-25(14-16-9-7-15(13-23)8-10-16)21(27)19(11-12-28-2)24-20(26)17-5-3-4-6-18(17)22/h3-10,19H,11-12,14H2,1-2H3,(H,24,26). The normalized spacial score (nSPS) is 11.4. The molecule has 0 saturated carbocycles. The Labute approximate surface area is 178 Å². The van der Waals surface area contributed by atoms with Crippen molar-refractivity contribution in [3.63, 3.8) is 0 Å². The number of benzene rings is 2. The quantitative estimate of drug-likeness (QED) is 0.650. The van der Waals surface area contributed by atoms with Gasteiger partial charge in [-0.15, -0.1) is 0 Å². The Kier molecular flexibility index (Phi) is 8.55. The summed E-state index contributed by atoms with van der Waals surface area (Å²) >= 11 is 5.01. The van der Waals surface area contributed by atoms with Gasteiger partial charge >= 0.3 is 0 Å². The van der Waals surface area contributed by atoms with Crippen LogP contribution in [0.25, 0.3) is 0 Å². The minimum Gasteiger partial charge on any atom is -0.340 e. The van der Waals surface area contributed by atoms with E-state index in [1.165, 1.54) is 0 Å². The summed E-state index contributed by atoms with van der Waals surface area (Å²) in [6.07, 6.45) is 2.52. The maximum atomic E-state index is 13.0. The fourth-order valence-electron chi connectivity index (χ4n) is 2.68. The van der Waals surface area contributed by atoms with Crippen LogP contribution in [0.3, 0.4) is 0 Å². The van der Waals surface area contributed by atoms with Gasteiger partial charge in [0.05, 0.1) is 17.2 Å². The number of likely N-dealkylation sites (N-methyl/N-ethyl adjacent to an activating group) is 1. The molecular formula is C21H22BrN3O2S. The Morgan fingerprint density at radius 2 is 1.89 bits per heavy atom. The van der Waals surface area contributed by atoms with Gasteiger partial charge in [0.2, 0.25) is 5.91 Å². The summed E-state index contributed by atoms with van der Waals surface area (Å²) in [6.45, 7) is 0.408. The van der Waals surface area contributed by atoms with Gasteiger partial charge in [-0.25, -0.2) is 0 Å². The van der Waals surface area contributed by atoms with Crippen molar-refractivity contribution in [2.45, 2.75) is 19.0 Å². The van der Waals surface area contributed by atoms with E-state index in [2.05, 4.69) is 27.3 Å². The van der Waals surface area contributed by atoms with E-state index in [9.17, 15) is 9.59 Å². The summed E-state index contributed by atoms with van der Waals surface area (Å²) < 4.78 is 0.689. The molecule has 2 aromatic carbocycles. The zero-order valence-corrected chi connectivity index (χ0v) is 18.2. The van der Waals surface area contributed by atoms with E-state index in [0.717, 1.165) is 11.3 Å². The van der Waals surface area contributed by atoms with Crippen molar-refractivity contribution < 1.29 is 9.59 Å². The van der Waals surface area contributed by atoms with Crippen LogP contribution in [0.5, 0.6) is 0 Å². The van der Waals surface area contributed by atoms with E-state index in [1.807, 2.05) is 24.5 Å². The second-order valence-electron chi connectivity index (χ2n) is 6.29. The second-order valence-corrected chi connectivity index (χ2v) is 8.13. The highest BCUT2D eigenvalue weighted by Gasteiger charge is 2.25. The topological polar surface area (TPSA) is 73.2 Å². The number of nitrogens with zero attached hydrogens (tertiary/aromatic N) is 2. The average Bonchev–Trinajstić information content (AvgIpc) is 2.71. The minimum atomic E-state index is -0.601. The first-order chi connectivity index (χ1) is 13.5. The van der Waals surface area contributed by atoms with Crippen LogP contribution in [0.2, 0.25) is 0 Å². The van der Waals surface area contributed by atoms with E-state index >= 15 is 0 Å². The van der Waals surface area contributed by atoms with E-state index < -0.39 is 6.04 Å². The lowest BCUT2D eigenvalue weighted by Crippen LogP contribution is -2.47. The van der Waals surface area contributed by atoms with Crippen LogP contribution in [0.15, 0.2) is 53.0 Å². The van der Waals surface area contributed by atoms with Gasteiger partial charge in [0.25, 0.3) is 5.91 Å². The molecule has 2 aromatic rings. The molecule has 0 aliphatic heterocycles. The van der Waals surface area contributed by atoms with Crippen LogP contribution in [0.1, 0.15) is 27.9 Å². The highest BCUT2D eigenvalue weighted by Crippen LogP contribution is 2.16. The molecule has 0 aliphatic rings. The fraction of sp³-hybridized carbons (Fsp3) is 0.286. The SMILES string of the molecule is CSCCC(NC(=O)c1ccccc1Br)C(=O)N(C)Cc1ccc(C#N)cc1. The number of nitriles is 1. The Balaban J connectivity index is 2.09. The molecule has 0 radical (unpaired) electrons. The number of hydrogen-bond acceptors (Lipinski definition) is 4. The Hall–Kier alpha value is -2.30. The lowest BCUT2D eigenvalue weighted by Gasteiger charge is -2.25. The first-order valence-electron chi connectivity index (χ1n) is 8.74. The van der Waals surface area contributed by atoms with Gasteiger partial charge in [-0.2, -0.15) is 17.0 Å². The summed E-state index contributed by atoms with van der Waals surface area (Å²) in [7, 11) is 1.72. The molecule has 2 amide bonds. The molecule has 0 aliphatic carbocycles. The Morgan fingerprint density at radius 3 is 2.50 bits per heavy atom. The highest BCUT2D eigenvalue weighted by molar-refractivity contribution is 9.10. The van der Waals surface area contributed by atoms with Crippen molar-refractivity contribution in [1.29, 1.82) is 5.26 Å². The van der Waals surface area contributed by atoms with Crippen molar-refractivity contribution in [1.82, 2.24) is 10.2 Å². The van der Waals surface area contributed by atoms with E-state index in [1.54, 1.807) is 54.0 Å². The zero-order valence-electron chi connectivity index (χ0n) is 15.8. The maximum absolute atomic E-state index is 13.0. The zero-order chi connectivity index (χ0) is 20.5. The van der Waals surface area contributed by atoms with Crippen molar-refractivity contribution in [3.05, 3.63) is 69.7 Å². The minimum absolute atomic E-state index is 0.140. The molecule has 5 nitrogen and oxygen atoms in total. The predicted molar refractivity (Wildman–Crippen MR) is 116 cm³/mol. The molecule has 0 heterocycles. The lowest BCUT2D eigenvalue weighted by molar-refractivity contribution is -0.132. The van der Waals surface area contributed by atoms with Gasteiger partial charge in [-0.1, -0.05) is 24.3 Å². The summed E-state index contributed by atoms with van der Waals surface area (Å²) in [5.74, 6) is 0.342. The Morgan fingerprint density at radius 1 is 1.21 bits per heavy atom. The molecule has 28 heavy (non-hydrogen) atoms. The van der Waals surface area contributed by atoms with Crippen molar-refractivity contribution in [3.8, 4) is 6.07 Å². The molecular weight excluding hydrogens is 438 g/mol. The molecule has 1 N–H and O–H groups in total. The Bertz CT molecular complexity index is 865. The highest BCUT2D eigenvalue weighted by atomic mass is 79.9. The van der Waals surface area contributed by atoms with E-state index in [4.69, 9.17) is 5.26 Å². The third-order valence-corrected chi connectivity index (χ3v) is 5.55. The monoisotopic (exact) mass is 459 g/mol. The van der Waals surface area contributed by atoms with Crippen molar-refractivity contribution in [2.24, 2.45) is 0 Å². The molecule has 7 heteroatoms. The number of carbonyl (C=O) groups excluding carboxylic acids is 2.